The summed E-state index contributed by atoms with van der Waals surface area (Å²) in [6.07, 6.45) is 0.199. The third-order valence-electron chi connectivity index (χ3n) is 4.76. The Hall–Kier alpha value is -2.77. The van der Waals surface area contributed by atoms with Gasteiger partial charge in [0, 0.05) is 45.2 Å². The highest BCUT2D eigenvalue weighted by Crippen LogP contribution is 2.22. The highest BCUT2D eigenvalue weighted by atomic mass is 19.1. The van der Waals surface area contributed by atoms with E-state index in [9.17, 15) is 14.0 Å². The molecule has 0 spiro atoms. The van der Waals surface area contributed by atoms with E-state index in [0.29, 0.717) is 19.6 Å². The van der Waals surface area contributed by atoms with E-state index >= 15 is 0 Å². The molecule has 1 atom stereocenters. The zero-order chi connectivity index (χ0) is 19.8. The normalized spacial score (nSPS) is 17.1. The van der Waals surface area contributed by atoms with Crippen LogP contribution in [0.25, 0.3) is 0 Å². The molecule has 2 aromatic rings. The van der Waals surface area contributed by atoms with Crippen molar-refractivity contribution in [1.82, 2.24) is 20.9 Å². The topological polar surface area (TPSA) is 73.5 Å². The number of hydrogen-bond acceptors (Lipinski definition) is 4. The number of hydrogen-bond donors (Lipinski definition) is 3. The van der Waals surface area contributed by atoms with Gasteiger partial charge in [0.15, 0.2) is 0 Å². The Morgan fingerprint density at radius 3 is 2.75 bits per heavy atom. The number of benzene rings is 2. The molecule has 7 heteroatoms. The molecule has 1 unspecified atom stereocenters. The molecule has 0 radical (unpaired) electrons. The van der Waals surface area contributed by atoms with Gasteiger partial charge in [-0.1, -0.05) is 42.5 Å². The Balaban J connectivity index is 1.46. The van der Waals surface area contributed by atoms with Crippen molar-refractivity contribution in [3.05, 3.63) is 71.5 Å². The van der Waals surface area contributed by atoms with Gasteiger partial charge in [-0.05, 0) is 23.3 Å². The Bertz CT molecular complexity index is 800. The zero-order valence-corrected chi connectivity index (χ0v) is 15.7. The van der Waals surface area contributed by atoms with Gasteiger partial charge in [-0.15, -0.1) is 0 Å². The minimum Gasteiger partial charge on any atom is -0.334 e. The van der Waals surface area contributed by atoms with Gasteiger partial charge in [0.05, 0.1) is 0 Å². The van der Waals surface area contributed by atoms with E-state index in [-0.39, 0.29) is 24.2 Å². The summed E-state index contributed by atoms with van der Waals surface area (Å²) in [4.78, 5) is 26.2. The van der Waals surface area contributed by atoms with E-state index in [1.807, 2.05) is 36.4 Å². The van der Waals surface area contributed by atoms with E-state index < -0.39 is 6.03 Å². The predicted molar refractivity (Wildman–Crippen MR) is 105 cm³/mol. The van der Waals surface area contributed by atoms with E-state index in [1.165, 1.54) is 12.1 Å². The van der Waals surface area contributed by atoms with Crippen LogP contribution in [0.3, 0.4) is 0 Å². The van der Waals surface area contributed by atoms with Crippen molar-refractivity contribution in [3.8, 4) is 0 Å². The van der Waals surface area contributed by atoms with Crippen LogP contribution in [0.1, 0.15) is 23.6 Å². The van der Waals surface area contributed by atoms with Crippen molar-refractivity contribution in [2.24, 2.45) is 0 Å². The van der Waals surface area contributed by atoms with Gasteiger partial charge in [0.2, 0.25) is 5.91 Å². The molecule has 3 rings (SSSR count). The molecule has 2 aromatic carbocycles. The number of urea groups is 1. The van der Waals surface area contributed by atoms with Crippen LogP contribution < -0.4 is 16.0 Å². The summed E-state index contributed by atoms with van der Waals surface area (Å²) in [7, 11) is 0. The minimum atomic E-state index is -0.504. The van der Waals surface area contributed by atoms with E-state index in [1.54, 1.807) is 6.07 Å². The van der Waals surface area contributed by atoms with Crippen molar-refractivity contribution in [1.29, 1.82) is 0 Å². The first-order chi connectivity index (χ1) is 13.6. The first kappa shape index (κ1) is 20.0. The van der Waals surface area contributed by atoms with Gasteiger partial charge in [0.25, 0.3) is 0 Å². The zero-order valence-electron chi connectivity index (χ0n) is 15.7. The number of nitrogens with one attached hydrogen (secondary N) is 3. The summed E-state index contributed by atoms with van der Waals surface area (Å²) in [6.45, 7) is 3.13. The lowest BCUT2D eigenvalue weighted by Crippen LogP contribution is -2.47. The van der Waals surface area contributed by atoms with Crippen LogP contribution in [0, 0.1) is 5.82 Å². The molecule has 1 aliphatic heterocycles. The van der Waals surface area contributed by atoms with Gasteiger partial charge in [0.1, 0.15) is 5.82 Å². The standard InChI is InChI=1S/C21H25FN4O2/c22-18-8-4-7-17(13-18)19-15-23-10-12-26(19)11-9-20(27)25-21(28)24-14-16-5-2-1-3-6-16/h1-8,13,19,23H,9-12,14-15H2,(H2,24,25,27,28). The summed E-state index contributed by atoms with van der Waals surface area (Å²) in [5.74, 6) is -0.599. The van der Waals surface area contributed by atoms with E-state index in [0.717, 1.165) is 24.2 Å². The highest BCUT2D eigenvalue weighted by Gasteiger charge is 2.24. The maximum atomic E-state index is 13.6. The molecule has 0 aromatic heterocycles. The molecule has 1 fully saturated rings. The van der Waals surface area contributed by atoms with Crippen LogP contribution in [0.15, 0.2) is 54.6 Å². The average molecular weight is 384 g/mol. The third kappa shape index (κ3) is 5.87. The smallest absolute Gasteiger partial charge is 0.321 e. The predicted octanol–water partition coefficient (Wildman–Crippen LogP) is 2.19. The molecule has 0 bridgehead atoms. The summed E-state index contributed by atoms with van der Waals surface area (Å²) >= 11 is 0. The van der Waals surface area contributed by atoms with Gasteiger partial charge in [-0.3, -0.25) is 15.0 Å². The van der Waals surface area contributed by atoms with Gasteiger partial charge in [-0.2, -0.15) is 0 Å². The second-order valence-corrected chi connectivity index (χ2v) is 6.78. The maximum Gasteiger partial charge on any atom is 0.321 e. The lowest BCUT2D eigenvalue weighted by atomic mass is 10.0. The van der Waals surface area contributed by atoms with Crippen molar-refractivity contribution in [3.63, 3.8) is 0 Å². The molecule has 0 aliphatic carbocycles. The Kier molecular flexibility index (Phi) is 7.11. The lowest BCUT2D eigenvalue weighted by molar-refractivity contribution is -0.120. The number of carbonyl (C=O) groups is 2. The summed E-state index contributed by atoms with van der Waals surface area (Å²) < 4.78 is 13.6. The third-order valence-corrected chi connectivity index (χ3v) is 4.76. The summed E-state index contributed by atoms with van der Waals surface area (Å²) in [5.41, 5.74) is 1.84. The Labute approximate surface area is 164 Å². The number of nitrogens with zero attached hydrogens (tertiary/aromatic N) is 1. The number of imide groups is 1. The number of rotatable bonds is 6. The van der Waals surface area contributed by atoms with Crippen molar-refractivity contribution < 1.29 is 14.0 Å². The molecule has 6 nitrogen and oxygen atoms in total. The first-order valence-corrected chi connectivity index (χ1v) is 9.43. The van der Waals surface area contributed by atoms with Gasteiger partial charge in [-0.25, -0.2) is 9.18 Å². The monoisotopic (exact) mass is 384 g/mol. The van der Waals surface area contributed by atoms with Crippen LogP contribution >= 0.6 is 0 Å². The maximum absolute atomic E-state index is 13.6. The molecule has 28 heavy (non-hydrogen) atoms. The molecular formula is C21H25FN4O2. The van der Waals surface area contributed by atoms with Crippen molar-refractivity contribution in [2.75, 3.05) is 26.2 Å². The van der Waals surface area contributed by atoms with Gasteiger partial charge < -0.3 is 10.6 Å². The molecule has 148 valence electrons. The van der Waals surface area contributed by atoms with Crippen LogP contribution in [0.4, 0.5) is 9.18 Å². The second-order valence-electron chi connectivity index (χ2n) is 6.78. The number of amides is 3. The summed E-state index contributed by atoms with van der Waals surface area (Å²) in [5, 5.41) is 8.34. The molecule has 0 saturated carbocycles. The van der Waals surface area contributed by atoms with Crippen molar-refractivity contribution in [2.45, 2.75) is 19.0 Å². The van der Waals surface area contributed by atoms with Crippen LogP contribution in [-0.2, 0) is 11.3 Å². The Morgan fingerprint density at radius 1 is 1.14 bits per heavy atom. The van der Waals surface area contributed by atoms with Crippen LogP contribution in [-0.4, -0.2) is 43.0 Å². The first-order valence-electron chi connectivity index (χ1n) is 9.43. The van der Waals surface area contributed by atoms with E-state index in [2.05, 4.69) is 20.9 Å². The average Bonchev–Trinajstić information content (AvgIpc) is 2.72. The SMILES string of the molecule is O=C(CCN1CCNCC1c1cccc(F)c1)NC(=O)NCc1ccccc1. The van der Waals surface area contributed by atoms with Crippen molar-refractivity contribution >= 4 is 11.9 Å². The molecule has 3 amide bonds. The summed E-state index contributed by atoms with van der Waals surface area (Å²) in [6, 6.07) is 15.5. The highest BCUT2D eigenvalue weighted by molar-refractivity contribution is 5.94. The van der Waals surface area contributed by atoms with Crippen LogP contribution in [0.5, 0.6) is 0 Å². The molecule has 3 N–H and O–H groups in total. The largest absolute Gasteiger partial charge is 0.334 e. The number of piperazine rings is 1. The quantitative estimate of drug-likeness (QED) is 0.714. The minimum absolute atomic E-state index is 0.00385. The van der Waals surface area contributed by atoms with E-state index in [4.69, 9.17) is 0 Å². The Morgan fingerprint density at radius 2 is 1.96 bits per heavy atom. The number of halogens is 1. The van der Waals surface area contributed by atoms with Crippen LogP contribution in [0.2, 0.25) is 0 Å². The molecule has 1 aliphatic rings. The second kappa shape index (κ2) is 9.96. The van der Waals surface area contributed by atoms with Gasteiger partial charge >= 0.3 is 6.03 Å². The fourth-order valence-electron chi connectivity index (χ4n) is 3.31. The fourth-order valence-corrected chi connectivity index (χ4v) is 3.31. The molecule has 1 heterocycles. The lowest BCUT2D eigenvalue weighted by Gasteiger charge is -2.36. The fraction of sp³-hybridized carbons (Fsp3) is 0.333. The molecule has 1 saturated heterocycles. The number of carbonyl (C=O) groups excluding carboxylic acids is 2. The molecular weight excluding hydrogens is 359 g/mol.